The van der Waals surface area contributed by atoms with E-state index in [1.54, 1.807) is 0 Å². The van der Waals surface area contributed by atoms with Gasteiger partial charge >= 0.3 is 0 Å². The van der Waals surface area contributed by atoms with E-state index in [0.29, 0.717) is 19.3 Å². The van der Waals surface area contributed by atoms with Crippen molar-refractivity contribution >= 4 is 17.3 Å². The van der Waals surface area contributed by atoms with E-state index < -0.39 is 35.2 Å². The van der Waals surface area contributed by atoms with E-state index >= 15 is 0 Å². The Morgan fingerprint density at radius 1 is 0.317 bits per heavy atom. The number of ketones is 3. The predicted octanol–water partition coefficient (Wildman–Crippen LogP) is 16.3. The molecule has 0 amide bonds. The van der Waals surface area contributed by atoms with Crippen LogP contribution >= 0.6 is 0 Å². The molecular weight excluding hydrogens is 781 g/mol. The number of hydrogen-bond acceptors (Lipinski definition) is 6. The third-order valence-corrected chi connectivity index (χ3v) is 13.1. The van der Waals surface area contributed by atoms with Crippen LogP contribution in [0.3, 0.4) is 0 Å². The maximum atomic E-state index is 13.8. The van der Waals surface area contributed by atoms with Crippen LogP contribution in [-0.2, 0) is 14.4 Å². The molecule has 0 aromatic carbocycles. The summed E-state index contributed by atoms with van der Waals surface area (Å²) in [4.78, 5) is 41.2. The quantitative estimate of drug-likeness (QED) is 0.0319. The molecule has 0 aliphatic heterocycles. The van der Waals surface area contributed by atoms with Crippen molar-refractivity contribution in [1.29, 1.82) is 0 Å². The Morgan fingerprint density at radius 3 is 0.762 bits per heavy atom. The van der Waals surface area contributed by atoms with Crippen LogP contribution < -0.4 is 0 Å². The lowest BCUT2D eigenvalue weighted by atomic mass is 9.71. The smallest absolute Gasteiger partial charge is 0.219 e. The number of Topliss-reactive ketones (excluding diaryl/α,β-unsaturated/α-hetero) is 3. The Kier molecular flexibility index (Phi) is 43.9. The molecule has 0 bridgehead atoms. The lowest BCUT2D eigenvalue weighted by Gasteiger charge is -2.39. The van der Waals surface area contributed by atoms with E-state index in [-0.39, 0.29) is 19.3 Å². The minimum absolute atomic E-state index is 0.0983. The molecule has 3 N–H and O–H groups in total. The van der Waals surface area contributed by atoms with Crippen molar-refractivity contribution in [3.05, 3.63) is 36.5 Å². The van der Waals surface area contributed by atoms with Gasteiger partial charge in [-0.2, -0.15) is 0 Å². The van der Waals surface area contributed by atoms with Gasteiger partial charge in [0.1, 0.15) is 0 Å². The number of unbranched alkanes of at least 4 members (excludes halogenated alkanes) is 33. The number of allylic oxidation sites excluding steroid dienone is 6. The van der Waals surface area contributed by atoms with Gasteiger partial charge in [-0.15, -0.1) is 0 Å². The van der Waals surface area contributed by atoms with Crippen molar-refractivity contribution < 1.29 is 29.7 Å². The molecule has 368 valence electrons. The van der Waals surface area contributed by atoms with E-state index in [0.717, 1.165) is 116 Å². The van der Waals surface area contributed by atoms with Gasteiger partial charge in [0.05, 0.1) is 6.61 Å². The summed E-state index contributed by atoms with van der Waals surface area (Å²) in [5, 5.41) is 34.1. The molecule has 0 radical (unpaired) electrons. The predicted molar refractivity (Wildman–Crippen MR) is 270 cm³/mol. The Hall–Kier alpha value is -1.89. The number of aliphatic hydroxyl groups is 3. The number of carbonyl (C=O) groups is 3. The summed E-state index contributed by atoms with van der Waals surface area (Å²) >= 11 is 0. The first-order valence-corrected chi connectivity index (χ1v) is 27.4. The van der Waals surface area contributed by atoms with Crippen molar-refractivity contribution in [1.82, 2.24) is 0 Å². The molecule has 0 aliphatic carbocycles. The van der Waals surface area contributed by atoms with Crippen molar-refractivity contribution in [2.75, 3.05) is 6.61 Å². The van der Waals surface area contributed by atoms with Crippen LogP contribution in [0.1, 0.15) is 290 Å². The summed E-state index contributed by atoms with van der Waals surface area (Å²) in [6.45, 7) is 5.57. The van der Waals surface area contributed by atoms with Crippen LogP contribution in [0.2, 0.25) is 0 Å². The van der Waals surface area contributed by atoms with E-state index in [1.807, 2.05) is 0 Å². The second-order valence-corrected chi connectivity index (χ2v) is 19.0. The molecular formula is C57H104O6. The minimum Gasteiger partial charge on any atom is -0.393 e. The molecule has 0 heterocycles. The number of carbonyl (C=O) groups excluding carboxylic acids is 3. The topological polar surface area (TPSA) is 112 Å². The van der Waals surface area contributed by atoms with Crippen LogP contribution in [0.25, 0.3) is 0 Å². The number of aliphatic hydroxyl groups excluding tert-OH is 1. The zero-order valence-electron chi connectivity index (χ0n) is 41.9. The van der Waals surface area contributed by atoms with Crippen molar-refractivity contribution in [2.45, 2.75) is 302 Å². The van der Waals surface area contributed by atoms with Crippen molar-refractivity contribution in [2.24, 2.45) is 0 Å². The summed E-state index contributed by atoms with van der Waals surface area (Å²) in [5.74, 6) is -2.50. The molecule has 2 atom stereocenters. The van der Waals surface area contributed by atoms with Gasteiger partial charge in [-0.05, 0) is 96.3 Å². The van der Waals surface area contributed by atoms with Gasteiger partial charge in [0.15, 0.2) is 23.0 Å². The van der Waals surface area contributed by atoms with Crippen LogP contribution in [0, 0.1) is 0 Å². The molecule has 0 saturated heterocycles. The second kappa shape index (κ2) is 45.3. The highest BCUT2D eigenvalue weighted by molar-refractivity contribution is 6.16. The molecule has 0 spiro atoms. The van der Waals surface area contributed by atoms with E-state index in [9.17, 15) is 29.7 Å². The maximum absolute atomic E-state index is 13.8. The first-order chi connectivity index (χ1) is 30.8. The molecule has 6 heteroatoms. The fourth-order valence-corrected chi connectivity index (χ4v) is 8.66. The molecule has 63 heavy (non-hydrogen) atoms. The van der Waals surface area contributed by atoms with Gasteiger partial charge in [0.2, 0.25) is 5.60 Å². The summed E-state index contributed by atoms with van der Waals surface area (Å²) in [6.07, 6.45) is 56.4. The fraction of sp³-hybridized carbons (Fsp3) is 0.842. The first kappa shape index (κ1) is 61.1. The number of hydrogen-bond donors (Lipinski definition) is 3. The van der Waals surface area contributed by atoms with Gasteiger partial charge < -0.3 is 15.3 Å². The standard InChI is InChI=1S/C57H104O6/c1-4-7-10-13-16-19-22-25-28-31-34-37-40-43-46-49-53(59)56(62,52-58)57(63,54(60)50-47-44-41-38-35-32-29-26-23-20-17-14-11-8-5-2)55(61)51-48-45-42-39-36-33-30-27-24-21-18-15-12-9-6-3/h25-30,58,62-63H,4-24,31-52H2,1-3H3/b28-25-,29-26-,30-27+. The Bertz CT molecular complexity index is 1090. The third-order valence-electron chi connectivity index (χ3n) is 13.1. The average molecular weight is 885 g/mol. The summed E-state index contributed by atoms with van der Waals surface area (Å²) in [7, 11) is 0. The molecule has 2 unspecified atom stereocenters. The Morgan fingerprint density at radius 2 is 0.524 bits per heavy atom. The Balaban J connectivity index is 4.98. The van der Waals surface area contributed by atoms with Crippen LogP contribution in [0.5, 0.6) is 0 Å². The highest BCUT2D eigenvalue weighted by atomic mass is 16.4. The van der Waals surface area contributed by atoms with Crippen LogP contribution in [-0.4, -0.2) is 50.5 Å². The lowest BCUT2D eigenvalue weighted by molar-refractivity contribution is -0.194. The van der Waals surface area contributed by atoms with Crippen LogP contribution in [0.4, 0.5) is 0 Å². The van der Waals surface area contributed by atoms with E-state index in [4.69, 9.17) is 0 Å². The zero-order valence-corrected chi connectivity index (χ0v) is 41.9. The second-order valence-electron chi connectivity index (χ2n) is 19.0. The monoisotopic (exact) mass is 885 g/mol. The highest BCUT2D eigenvalue weighted by Gasteiger charge is 2.62. The minimum atomic E-state index is -2.94. The molecule has 0 saturated carbocycles. The summed E-state index contributed by atoms with van der Waals surface area (Å²) < 4.78 is 0. The van der Waals surface area contributed by atoms with Gasteiger partial charge in [0.25, 0.3) is 0 Å². The summed E-state index contributed by atoms with van der Waals surface area (Å²) in [6, 6.07) is 0. The average Bonchev–Trinajstić information content (AvgIpc) is 3.29. The van der Waals surface area contributed by atoms with Gasteiger partial charge in [-0.3, -0.25) is 14.4 Å². The SMILES string of the molecule is CCCCCCCC/C=C\CCCCCCCC(=O)C(O)(CO)C(O)(C(=O)CCCCCCC/C=C\CCCCCCCC)C(=O)CCCCCCC/C=C/CCCCCCCC. The van der Waals surface area contributed by atoms with Crippen molar-refractivity contribution in [3.8, 4) is 0 Å². The number of rotatable bonds is 50. The largest absolute Gasteiger partial charge is 0.393 e. The maximum Gasteiger partial charge on any atom is 0.219 e. The molecule has 6 nitrogen and oxygen atoms in total. The normalized spacial score (nSPS) is 14.0. The Labute approximate surface area is 390 Å². The highest BCUT2D eigenvalue weighted by Crippen LogP contribution is 2.32. The van der Waals surface area contributed by atoms with Gasteiger partial charge in [-0.25, -0.2) is 0 Å². The summed E-state index contributed by atoms with van der Waals surface area (Å²) in [5.41, 5.74) is -5.78. The lowest BCUT2D eigenvalue weighted by Crippen LogP contribution is -2.69. The third kappa shape index (κ3) is 32.4. The molecule has 0 fully saturated rings. The van der Waals surface area contributed by atoms with Crippen LogP contribution in [0.15, 0.2) is 36.5 Å². The zero-order chi connectivity index (χ0) is 46.4. The van der Waals surface area contributed by atoms with E-state index in [1.165, 1.54) is 116 Å². The van der Waals surface area contributed by atoms with Crippen molar-refractivity contribution in [3.63, 3.8) is 0 Å². The van der Waals surface area contributed by atoms with E-state index in [2.05, 4.69) is 57.2 Å². The molecule has 0 aromatic heterocycles. The molecule has 0 aromatic rings. The van der Waals surface area contributed by atoms with Gasteiger partial charge in [0, 0.05) is 19.3 Å². The molecule has 0 rings (SSSR count). The molecule has 0 aliphatic rings. The first-order valence-electron chi connectivity index (χ1n) is 27.4. The van der Waals surface area contributed by atoms with Gasteiger partial charge in [-0.1, -0.05) is 211 Å². The fourth-order valence-electron chi connectivity index (χ4n) is 8.66.